The van der Waals surface area contributed by atoms with Crippen LogP contribution in [0, 0.1) is 5.92 Å². The van der Waals surface area contributed by atoms with Gasteiger partial charge in [0.25, 0.3) is 0 Å². The van der Waals surface area contributed by atoms with Gasteiger partial charge in [0.15, 0.2) is 5.96 Å². The summed E-state index contributed by atoms with van der Waals surface area (Å²) in [5.74, 6) is 3.80. The van der Waals surface area contributed by atoms with Crippen LogP contribution in [0.2, 0.25) is 0 Å². The summed E-state index contributed by atoms with van der Waals surface area (Å²) in [6, 6.07) is 4.22. The summed E-state index contributed by atoms with van der Waals surface area (Å²) in [7, 11) is 6.79. The van der Waals surface area contributed by atoms with Crippen molar-refractivity contribution in [1.29, 1.82) is 0 Å². The molecule has 8 nitrogen and oxygen atoms in total. The summed E-state index contributed by atoms with van der Waals surface area (Å²) in [6.07, 6.45) is 4.22. The Bertz CT molecular complexity index is 689. The van der Waals surface area contributed by atoms with Gasteiger partial charge in [0, 0.05) is 63.6 Å². The van der Waals surface area contributed by atoms with Crippen molar-refractivity contribution < 1.29 is 18.9 Å². The number of guanidine groups is 1. The smallest absolute Gasteiger partial charge is 0.191 e. The standard InChI is InChI=1S/C23H38N4O4/c1-24-23(26-18-6-10-27(11-7-18)15-17-8-12-31-16-17)25-9-5-20-21(29-3)13-19(28-2)14-22(20)30-4/h13-14,17-18H,5-12,15-16H2,1-4H3,(H2,24,25,26). The van der Waals surface area contributed by atoms with E-state index in [1.807, 2.05) is 19.2 Å². The molecule has 0 amide bonds. The monoisotopic (exact) mass is 434 g/mol. The summed E-state index contributed by atoms with van der Waals surface area (Å²) >= 11 is 0. The van der Waals surface area contributed by atoms with Gasteiger partial charge in [0.1, 0.15) is 17.2 Å². The summed E-state index contributed by atoms with van der Waals surface area (Å²) in [5, 5.41) is 7.02. The van der Waals surface area contributed by atoms with Gasteiger partial charge >= 0.3 is 0 Å². The Hall–Kier alpha value is -2.19. The number of nitrogens with zero attached hydrogens (tertiary/aromatic N) is 2. The van der Waals surface area contributed by atoms with Crippen molar-refractivity contribution in [3.63, 3.8) is 0 Å². The minimum atomic E-state index is 0.451. The lowest BCUT2D eigenvalue weighted by Gasteiger charge is -2.34. The van der Waals surface area contributed by atoms with Crippen molar-refractivity contribution in [1.82, 2.24) is 15.5 Å². The van der Waals surface area contributed by atoms with Crippen LogP contribution in [0.25, 0.3) is 0 Å². The van der Waals surface area contributed by atoms with E-state index in [1.165, 1.54) is 13.0 Å². The fourth-order valence-corrected chi connectivity index (χ4v) is 4.37. The summed E-state index contributed by atoms with van der Waals surface area (Å²) in [6.45, 7) is 6.01. The zero-order chi connectivity index (χ0) is 22.1. The maximum atomic E-state index is 5.55. The topological polar surface area (TPSA) is 76.6 Å². The van der Waals surface area contributed by atoms with E-state index in [-0.39, 0.29) is 0 Å². The van der Waals surface area contributed by atoms with Gasteiger partial charge in [-0.15, -0.1) is 0 Å². The predicted molar refractivity (Wildman–Crippen MR) is 123 cm³/mol. The van der Waals surface area contributed by atoms with Crippen molar-refractivity contribution in [2.75, 3.05) is 67.8 Å². The maximum Gasteiger partial charge on any atom is 0.191 e. The summed E-state index contributed by atoms with van der Waals surface area (Å²) < 4.78 is 21.9. The van der Waals surface area contributed by atoms with Gasteiger partial charge in [-0.25, -0.2) is 0 Å². The van der Waals surface area contributed by atoms with Crippen LogP contribution in [0.3, 0.4) is 0 Å². The molecular formula is C23H38N4O4. The van der Waals surface area contributed by atoms with Crippen LogP contribution in [0.4, 0.5) is 0 Å². The number of likely N-dealkylation sites (tertiary alicyclic amines) is 1. The van der Waals surface area contributed by atoms with Crippen molar-refractivity contribution in [3.8, 4) is 17.2 Å². The van der Waals surface area contributed by atoms with Gasteiger partial charge in [-0.1, -0.05) is 0 Å². The first kappa shape index (κ1) is 23.5. The number of hydrogen-bond donors (Lipinski definition) is 2. The Balaban J connectivity index is 1.45. The number of nitrogens with one attached hydrogen (secondary N) is 2. The molecule has 2 saturated heterocycles. The van der Waals surface area contributed by atoms with E-state index in [2.05, 4.69) is 20.5 Å². The van der Waals surface area contributed by atoms with E-state index in [9.17, 15) is 0 Å². The molecular weight excluding hydrogens is 396 g/mol. The molecule has 31 heavy (non-hydrogen) atoms. The molecule has 1 unspecified atom stereocenters. The number of benzene rings is 1. The van der Waals surface area contributed by atoms with Crippen LogP contribution in [0.15, 0.2) is 17.1 Å². The van der Waals surface area contributed by atoms with E-state index in [0.29, 0.717) is 12.0 Å². The Morgan fingerprint density at radius 1 is 1.10 bits per heavy atom. The molecule has 1 aromatic carbocycles. The molecule has 0 bridgehead atoms. The van der Waals surface area contributed by atoms with Crippen molar-refractivity contribution in [2.24, 2.45) is 10.9 Å². The molecule has 2 fully saturated rings. The first-order valence-corrected chi connectivity index (χ1v) is 11.2. The highest BCUT2D eigenvalue weighted by molar-refractivity contribution is 5.80. The molecule has 0 spiro atoms. The highest BCUT2D eigenvalue weighted by Gasteiger charge is 2.24. The van der Waals surface area contributed by atoms with Gasteiger partial charge in [-0.3, -0.25) is 4.99 Å². The Morgan fingerprint density at radius 3 is 2.35 bits per heavy atom. The molecule has 2 N–H and O–H groups in total. The Morgan fingerprint density at radius 2 is 1.81 bits per heavy atom. The third-order valence-corrected chi connectivity index (χ3v) is 6.18. The predicted octanol–water partition coefficient (Wildman–Crippen LogP) is 1.92. The fourth-order valence-electron chi connectivity index (χ4n) is 4.37. The van der Waals surface area contributed by atoms with Gasteiger partial charge in [-0.05, 0) is 31.6 Å². The highest BCUT2D eigenvalue weighted by atomic mass is 16.5. The third kappa shape index (κ3) is 6.64. The summed E-state index contributed by atoms with van der Waals surface area (Å²) in [5.41, 5.74) is 1.01. The molecule has 3 rings (SSSR count). The second-order valence-corrected chi connectivity index (χ2v) is 8.21. The Kier molecular flexibility index (Phi) is 9.09. The normalized spacial score (nSPS) is 20.5. The lowest BCUT2D eigenvalue weighted by molar-refractivity contribution is 0.150. The van der Waals surface area contributed by atoms with Crippen LogP contribution in [0.5, 0.6) is 17.2 Å². The molecule has 0 aliphatic carbocycles. The number of hydrogen-bond acceptors (Lipinski definition) is 6. The second kappa shape index (κ2) is 12.0. The molecule has 2 heterocycles. The second-order valence-electron chi connectivity index (χ2n) is 8.21. The maximum absolute atomic E-state index is 5.55. The molecule has 1 aromatic rings. The van der Waals surface area contributed by atoms with Gasteiger partial charge in [0.05, 0.1) is 27.9 Å². The van der Waals surface area contributed by atoms with Crippen LogP contribution in [-0.2, 0) is 11.2 Å². The zero-order valence-electron chi connectivity index (χ0n) is 19.4. The fraction of sp³-hybridized carbons (Fsp3) is 0.696. The SMILES string of the molecule is CN=C(NCCc1c(OC)cc(OC)cc1OC)NC1CCN(CC2CCOC2)CC1. The zero-order valence-corrected chi connectivity index (χ0v) is 19.4. The van der Waals surface area contributed by atoms with Crippen molar-refractivity contribution in [2.45, 2.75) is 31.7 Å². The summed E-state index contributed by atoms with van der Waals surface area (Å²) in [4.78, 5) is 6.99. The van der Waals surface area contributed by atoms with Crippen molar-refractivity contribution in [3.05, 3.63) is 17.7 Å². The highest BCUT2D eigenvalue weighted by Crippen LogP contribution is 2.34. The minimum Gasteiger partial charge on any atom is -0.496 e. The average Bonchev–Trinajstić information content (AvgIpc) is 3.32. The van der Waals surface area contributed by atoms with Gasteiger partial charge in [-0.2, -0.15) is 0 Å². The Labute approximate surface area is 186 Å². The number of aliphatic imine (C=N–C) groups is 1. The average molecular weight is 435 g/mol. The molecule has 0 saturated carbocycles. The molecule has 174 valence electrons. The van der Waals surface area contributed by atoms with Gasteiger partial charge in [0.2, 0.25) is 0 Å². The largest absolute Gasteiger partial charge is 0.496 e. The number of ether oxygens (including phenoxy) is 4. The minimum absolute atomic E-state index is 0.451. The lowest BCUT2D eigenvalue weighted by Crippen LogP contribution is -2.49. The van der Waals surface area contributed by atoms with E-state index in [0.717, 1.165) is 80.9 Å². The quantitative estimate of drug-likeness (QED) is 0.454. The van der Waals surface area contributed by atoms with E-state index in [1.54, 1.807) is 21.3 Å². The van der Waals surface area contributed by atoms with Crippen LogP contribution >= 0.6 is 0 Å². The van der Waals surface area contributed by atoms with E-state index in [4.69, 9.17) is 18.9 Å². The molecule has 0 radical (unpaired) electrons. The van der Waals surface area contributed by atoms with Gasteiger partial charge < -0.3 is 34.5 Å². The van der Waals surface area contributed by atoms with Crippen molar-refractivity contribution >= 4 is 5.96 Å². The molecule has 2 aliphatic heterocycles. The molecule has 1 atom stereocenters. The lowest BCUT2D eigenvalue weighted by atomic mass is 10.0. The van der Waals surface area contributed by atoms with Crippen LogP contribution in [-0.4, -0.2) is 84.7 Å². The van der Waals surface area contributed by atoms with Crippen LogP contribution in [0.1, 0.15) is 24.8 Å². The van der Waals surface area contributed by atoms with Crippen LogP contribution < -0.4 is 24.8 Å². The van der Waals surface area contributed by atoms with E-state index < -0.39 is 0 Å². The van der Waals surface area contributed by atoms with E-state index >= 15 is 0 Å². The third-order valence-electron chi connectivity index (χ3n) is 6.18. The molecule has 0 aromatic heterocycles. The number of piperidine rings is 1. The first-order valence-electron chi connectivity index (χ1n) is 11.2. The first-order chi connectivity index (χ1) is 15.2. The molecule has 2 aliphatic rings. The number of rotatable bonds is 9. The number of methoxy groups -OCH3 is 3. The molecule has 8 heteroatoms.